The van der Waals surface area contributed by atoms with Gasteiger partial charge in [-0.3, -0.25) is 28.8 Å². The molecule has 1 saturated heterocycles. The van der Waals surface area contributed by atoms with Crippen molar-refractivity contribution < 1.29 is 54.0 Å². The number of amides is 3. The van der Waals surface area contributed by atoms with Gasteiger partial charge in [0.15, 0.2) is 0 Å². The predicted octanol–water partition coefficient (Wildman–Crippen LogP) is -2.05. The van der Waals surface area contributed by atoms with Crippen molar-refractivity contribution >= 4 is 41.6 Å². The zero-order valence-electron chi connectivity index (χ0n) is 18.8. The molecule has 8 N–H and O–H groups in total. The number of nitrogens with zero attached hydrogens (tertiary/aromatic N) is 1. The summed E-state index contributed by atoms with van der Waals surface area (Å²) in [6, 6.07) is -5.37. The van der Waals surface area contributed by atoms with E-state index in [1.165, 1.54) is 0 Å². The molecule has 1 aliphatic heterocycles. The number of aliphatic carboxylic acids is 4. The lowest BCUT2D eigenvalue weighted by Gasteiger charge is -2.28. The maximum atomic E-state index is 13.0. The Labute approximate surface area is 199 Å². The van der Waals surface area contributed by atoms with Crippen LogP contribution in [0.3, 0.4) is 0 Å². The molecule has 0 bridgehead atoms. The van der Waals surface area contributed by atoms with Crippen molar-refractivity contribution in [2.24, 2.45) is 5.73 Å². The average molecular weight is 502 g/mol. The number of nitrogens with two attached hydrogens (primary N) is 1. The van der Waals surface area contributed by atoms with Crippen LogP contribution in [-0.2, 0) is 33.6 Å². The molecule has 4 unspecified atom stereocenters. The standard InChI is InChI=1S/C20H30N4O11/c21-10(3-6-14(25)26)17(31)22-11(4-7-15(27)28)18(32)23-12(5-8-16(29)30)19(33)24-9-1-2-13(24)20(34)35/h10-13H,1-9,21H2,(H,22,31)(H,23,32)(H,25,26)(H,27,28)(H,29,30)(H,34,35). The van der Waals surface area contributed by atoms with Crippen molar-refractivity contribution in [3.63, 3.8) is 0 Å². The summed E-state index contributed by atoms with van der Waals surface area (Å²) in [6.07, 6.45) is -1.95. The minimum absolute atomic E-state index is 0.0901. The molecule has 0 spiro atoms. The quantitative estimate of drug-likeness (QED) is 0.128. The van der Waals surface area contributed by atoms with E-state index >= 15 is 0 Å². The fourth-order valence-electron chi connectivity index (χ4n) is 3.51. The minimum atomic E-state index is -1.48. The third-order valence-electron chi connectivity index (χ3n) is 5.37. The van der Waals surface area contributed by atoms with Crippen LogP contribution in [0.25, 0.3) is 0 Å². The molecule has 0 radical (unpaired) electrons. The van der Waals surface area contributed by atoms with E-state index in [0.717, 1.165) is 4.90 Å². The molecule has 15 heteroatoms. The molecule has 15 nitrogen and oxygen atoms in total. The summed E-state index contributed by atoms with van der Waals surface area (Å²) in [6.45, 7) is 0.0901. The Hall–Kier alpha value is -3.75. The molecule has 0 aliphatic carbocycles. The van der Waals surface area contributed by atoms with Gasteiger partial charge in [-0.25, -0.2) is 4.79 Å². The SMILES string of the molecule is NC(CCC(=O)O)C(=O)NC(CCC(=O)O)C(=O)NC(CCC(=O)O)C(=O)N1CCCC1C(=O)O. The molecule has 0 aromatic rings. The van der Waals surface area contributed by atoms with Crippen molar-refractivity contribution in [2.75, 3.05) is 6.54 Å². The number of carbonyl (C=O) groups excluding carboxylic acids is 3. The number of nitrogens with one attached hydrogen (secondary N) is 2. The van der Waals surface area contributed by atoms with Crippen LogP contribution in [-0.4, -0.2) is 97.6 Å². The molecule has 0 aromatic carbocycles. The zero-order chi connectivity index (χ0) is 26.7. The van der Waals surface area contributed by atoms with Gasteiger partial charge in [-0.2, -0.15) is 0 Å². The number of hydrogen-bond donors (Lipinski definition) is 7. The molecule has 1 heterocycles. The Morgan fingerprint density at radius 3 is 1.77 bits per heavy atom. The number of carbonyl (C=O) groups is 7. The van der Waals surface area contributed by atoms with E-state index in [0.29, 0.717) is 6.42 Å². The Morgan fingerprint density at radius 2 is 1.26 bits per heavy atom. The maximum Gasteiger partial charge on any atom is 0.326 e. The smallest absolute Gasteiger partial charge is 0.326 e. The second-order valence-corrected chi connectivity index (χ2v) is 8.05. The normalized spacial score (nSPS) is 17.6. The summed E-state index contributed by atoms with van der Waals surface area (Å²) in [5.41, 5.74) is 5.62. The Kier molecular flexibility index (Phi) is 11.6. The topological polar surface area (TPSA) is 254 Å². The lowest BCUT2D eigenvalue weighted by molar-refractivity contribution is -0.150. The van der Waals surface area contributed by atoms with E-state index in [1.807, 2.05) is 0 Å². The molecule has 0 aromatic heterocycles. The van der Waals surface area contributed by atoms with Crippen LogP contribution in [0.1, 0.15) is 51.4 Å². The third kappa shape index (κ3) is 9.95. The molecule has 1 rings (SSSR count). The largest absolute Gasteiger partial charge is 0.481 e. The van der Waals surface area contributed by atoms with E-state index in [-0.39, 0.29) is 25.8 Å². The average Bonchev–Trinajstić information content (AvgIpc) is 3.26. The van der Waals surface area contributed by atoms with E-state index in [9.17, 15) is 38.7 Å². The fourth-order valence-corrected chi connectivity index (χ4v) is 3.51. The first-order chi connectivity index (χ1) is 16.3. The van der Waals surface area contributed by atoms with Gasteiger partial charge in [0.25, 0.3) is 0 Å². The van der Waals surface area contributed by atoms with Crippen LogP contribution in [0, 0.1) is 0 Å². The molecular weight excluding hydrogens is 472 g/mol. The molecule has 0 saturated carbocycles. The molecule has 1 aliphatic rings. The van der Waals surface area contributed by atoms with E-state index < -0.39 is 91.4 Å². The highest BCUT2D eigenvalue weighted by Gasteiger charge is 2.38. The van der Waals surface area contributed by atoms with Gasteiger partial charge in [-0.1, -0.05) is 0 Å². The van der Waals surface area contributed by atoms with Gasteiger partial charge < -0.3 is 41.7 Å². The summed E-state index contributed by atoms with van der Waals surface area (Å²) >= 11 is 0. The summed E-state index contributed by atoms with van der Waals surface area (Å²) in [5, 5.41) is 40.5. The molecular formula is C20H30N4O11. The number of hydrogen-bond acceptors (Lipinski definition) is 8. The van der Waals surface area contributed by atoms with E-state index in [1.54, 1.807) is 0 Å². The van der Waals surface area contributed by atoms with Gasteiger partial charge in [0.2, 0.25) is 17.7 Å². The van der Waals surface area contributed by atoms with Crippen LogP contribution in [0.4, 0.5) is 0 Å². The first-order valence-corrected chi connectivity index (χ1v) is 10.9. The highest BCUT2D eigenvalue weighted by molar-refractivity contribution is 5.94. The van der Waals surface area contributed by atoms with Gasteiger partial charge in [0.1, 0.15) is 18.1 Å². The van der Waals surface area contributed by atoms with Gasteiger partial charge in [0, 0.05) is 25.8 Å². The van der Waals surface area contributed by atoms with Crippen LogP contribution >= 0.6 is 0 Å². The molecule has 1 fully saturated rings. The highest BCUT2D eigenvalue weighted by Crippen LogP contribution is 2.20. The zero-order valence-corrected chi connectivity index (χ0v) is 18.8. The van der Waals surface area contributed by atoms with Crippen molar-refractivity contribution in [3.8, 4) is 0 Å². The van der Waals surface area contributed by atoms with Gasteiger partial charge in [0.05, 0.1) is 6.04 Å². The molecule has 3 amide bonds. The second kappa shape index (κ2) is 13.8. The molecule has 196 valence electrons. The number of carboxylic acid groups (broad SMARTS) is 4. The first-order valence-electron chi connectivity index (χ1n) is 10.9. The second-order valence-electron chi connectivity index (χ2n) is 8.05. The monoisotopic (exact) mass is 502 g/mol. The highest BCUT2D eigenvalue weighted by atomic mass is 16.4. The van der Waals surface area contributed by atoms with Crippen molar-refractivity contribution in [2.45, 2.75) is 75.5 Å². The lowest BCUT2D eigenvalue weighted by atomic mass is 10.1. The fraction of sp³-hybridized carbons (Fsp3) is 0.650. The van der Waals surface area contributed by atoms with E-state index in [2.05, 4.69) is 10.6 Å². The van der Waals surface area contributed by atoms with Crippen molar-refractivity contribution in [1.82, 2.24) is 15.5 Å². The maximum absolute atomic E-state index is 13.0. The van der Waals surface area contributed by atoms with Gasteiger partial charge in [-0.15, -0.1) is 0 Å². The summed E-state index contributed by atoms with van der Waals surface area (Å²) in [7, 11) is 0. The Balaban J connectivity index is 3.02. The summed E-state index contributed by atoms with van der Waals surface area (Å²) in [5.74, 6) is -7.74. The van der Waals surface area contributed by atoms with Gasteiger partial charge in [-0.05, 0) is 32.1 Å². The van der Waals surface area contributed by atoms with Crippen molar-refractivity contribution in [1.29, 1.82) is 0 Å². The van der Waals surface area contributed by atoms with Gasteiger partial charge >= 0.3 is 23.9 Å². The Bertz CT molecular complexity index is 847. The molecule has 35 heavy (non-hydrogen) atoms. The predicted molar refractivity (Wildman–Crippen MR) is 115 cm³/mol. The van der Waals surface area contributed by atoms with Crippen LogP contribution in [0.2, 0.25) is 0 Å². The van der Waals surface area contributed by atoms with Crippen LogP contribution < -0.4 is 16.4 Å². The summed E-state index contributed by atoms with van der Waals surface area (Å²) < 4.78 is 0. The number of rotatable bonds is 15. The minimum Gasteiger partial charge on any atom is -0.481 e. The van der Waals surface area contributed by atoms with E-state index in [4.69, 9.17) is 21.1 Å². The summed E-state index contributed by atoms with van der Waals surface area (Å²) in [4.78, 5) is 83.3. The van der Waals surface area contributed by atoms with Crippen LogP contribution in [0.15, 0.2) is 0 Å². The number of carboxylic acids is 4. The molecule has 4 atom stereocenters. The lowest BCUT2D eigenvalue weighted by Crippen LogP contribution is -2.57. The first kappa shape index (κ1) is 29.3. The number of likely N-dealkylation sites (tertiary alicyclic amines) is 1. The van der Waals surface area contributed by atoms with Crippen LogP contribution in [0.5, 0.6) is 0 Å². The van der Waals surface area contributed by atoms with Crippen molar-refractivity contribution in [3.05, 3.63) is 0 Å². The Morgan fingerprint density at radius 1 is 0.771 bits per heavy atom. The third-order valence-corrected chi connectivity index (χ3v) is 5.37.